The summed E-state index contributed by atoms with van der Waals surface area (Å²) in [4.78, 5) is 1.49. The van der Waals surface area contributed by atoms with E-state index in [0.29, 0.717) is 4.75 Å². The van der Waals surface area contributed by atoms with Gasteiger partial charge in [0.25, 0.3) is 0 Å². The van der Waals surface area contributed by atoms with Crippen molar-refractivity contribution in [2.24, 2.45) is 0 Å². The lowest BCUT2D eigenvalue weighted by molar-refractivity contribution is 0.346. The van der Waals surface area contributed by atoms with Crippen LogP contribution in [0.4, 0.5) is 0 Å². The third-order valence-corrected chi connectivity index (χ3v) is 6.97. The molecule has 1 N–H and O–H groups in total. The quantitative estimate of drug-likeness (QED) is 0.885. The highest BCUT2D eigenvalue weighted by Crippen LogP contribution is 2.42. The Hall–Kier alpha value is -0.120. The molecule has 0 aromatic heterocycles. The van der Waals surface area contributed by atoms with E-state index in [4.69, 9.17) is 0 Å². The highest BCUT2D eigenvalue weighted by molar-refractivity contribution is 8.00. The smallest absolute Gasteiger partial charge is 0.0281 e. The van der Waals surface area contributed by atoms with E-state index < -0.39 is 0 Å². The van der Waals surface area contributed by atoms with E-state index in [1.807, 2.05) is 0 Å². The first kappa shape index (κ1) is 12.9. The van der Waals surface area contributed by atoms with Gasteiger partial charge in [-0.3, -0.25) is 0 Å². The summed E-state index contributed by atoms with van der Waals surface area (Å²) < 4.78 is 0.566. The van der Waals surface area contributed by atoms with Gasteiger partial charge in [-0.2, -0.15) is 11.8 Å². The molecule has 1 aromatic rings. The summed E-state index contributed by atoms with van der Waals surface area (Å²) in [7, 11) is 0. The summed E-state index contributed by atoms with van der Waals surface area (Å²) in [5, 5.41) is 4.45. The number of benzene rings is 1. The highest BCUT2D eigenvalue weighted by atomic mass is 32.2. The molecule has 0 saturated heterocycles. The van der Waals surface area contributed by atoms with Crippen molar-refractivity contribution in [3.05, 3.63) is 29.8 Å². The lowest BCUT2D eigenvalue weighted by Crippen LogP contribution is -2.44. The number of hydrogen-bond acceptors (Lipinski definition) is 3. The Morgan fingerprint density at radius 3 is 2.89 bits per heavy atom. The SMILES string of the molecule is CSC1(CNCC2Cc3ccccc3S2)CCC1. The van der Waals surface area contributed by atoms with Gasteiger partial charge in [0.2, 0.25) is 0 Å². The molecule has 0 amide bonds. The Balaban J connectivity index is 1.46. The van der Waals surface area contributed by atoms with Crippen LogP contribution in [-0.4, -0.2) is 29.3 Å². The average molecular weight is 279 g/mol. The molecular weight excluding hydrogens is 258 g/mol. The summed E-state index contributed by atoms with van der Waals surface area (Å²) in [6.07, 6.45) is 7.73. The van der Waals surface area contributed by atoms with Crippen molar-refractivity contribution in [1.29, 1.82) is 0 Å². The molecule has 3 rings (SSSR count). The molecule has 1 aliphatic heterocycles. The molecule has 2 aliphatic rings. The largest absolute Gasteiger partial charge is 0.314 e. The molecule has 1 nitrogen and oxygen atoms in total. The van der Waals surface area contributed by atoms with Crippen LogP contribution in [0, 0.1) is 0 Å². The lowest BCUT2D eigenvalue weighted by atomic mass is 9.84. The lowest BCUT2D eigenvalue weighted by Gasteiger charge is -2.40. The topological polar surface area (TPSA) is 12.0 Å². The van der Waals surface area contributed by atoms with Gasteiger partial charge in [0.15, 0.2) is 0 Å². The monoisotopic (exact) mass is 279 g/mol. The van der Waals surface area contributed by atoms with E-state index in [2.05, 4.69) is 59.4 Å². The van der Waals surface area contributed by atoms with Gasteiger partial charge in [-0.25, -0.2) is 0 Å². The van der Waals surface area contributed by atoms with Crippen LogP contribution in [0.2, 0.25) is 0 Å². The van der Waals surface area contributed by atoms with E-state index >= 15 is 0 Å². The zero-order chi connectivity index (χ0) is 12.4. The van der Waals surface area contributed by atoms with Crippen LogP contribution in [0.15, 0.2) is 29.2 Å². The Bertz CT molecular complexity index is 384. The van der Waals surface area contributed by atoms with Crippen LogP contribution in [-0.2, 0) is 6.42 Å². The number of fused-ring (bicyclic) bond motifs is 1. The number of rotatable bonds is 5. The maximum atomic E-state index is 3.71. The fraction of sp³-hybridized carbons (Fsp3) is 0.600. The molecular formula is C15H21NS2. The van der Waals surface area contributed by atoms with Gasteiger partial charge in [0, 0.05) is 28.0 Å². The van der Waals surface area contributed by atoms with E-state index in [1.54, 1.807) is 0 Å². The van der Waals surface area contributed by atoms with E-state index in [-0.39, 0.29) is 0 Å². The molecule has 3 heteroatoms. The second-order valence-electron chi connectivity index (χ2n) is 5.42. The third kappa shape index (κ3) is 2.59. The van der Waals surface area contributed by atoms with E-state index in [9.17, 15) is 0 Å². The van der Waals surface area contributed by atoms with Crippen molar-refractivity contribution in [3.63, 3.8) is 0 Å². The maximum absolute atomic E-state index is 3.71. The van der Waals surface area contributed by atoms with Crippen molar-refractivity contribution in [1.82, 2.24) is 5.32 Å². The normalized spacial score (nSPS) is 24.6. The second-order valence-corrected chi connectivity index (χ2v) is 8.04. The minimum absolute atomic E-state index is 0.566. The zero-order valence-corrected chi connectivity index (χ0v) is 12.6. The van der Waals surface area contributed by atoms with Crippen molar-refractivity contribution in [2.75, 3.05) is 19.3 Å². The fourth-order valence-corrected chi connectivity index (χ4v) is 5.08. The molecule has 98 valence electrons. The van der Waals surface area contributed by atoms with Crippen molar-refractivity contribution in [3.8, 4) is 0 Å². The minimum Gasteiger partial charge on any atom is -0.314 e. The van der Waals surface area contributed by atoms with E-state index in [0.717, 1.165) is 11.8 Å². The van der Waals surface area contributed by atoms with Crippen LogP contribution in [0.5, 0.6) is 0 Å². The van der Waals surface area contributed by atoms with Gasteiger partial charge in [-0.15, -0.1) is 11.8 Å². The van der Waals surface area contributed by atoms with Crippen LogP contribution < -0.4 is 5.32 Å². The van der Waals surface area contributed by atoms with Gasteiger partial charge in [0.05, 0.1) is 0 Å². The molecule has 18 heavy (non-hydrogen) atoms. The van der Waals surface area contributed by atoms with Crippen molar-refractivity contribution in [2.45, 2.75) is 40.6 Å². The Morgan fingerprint density at radius 2 is 2.22 bits per heavy atom. The first-order valence-electron chi connectivity index (χ1n) is 6.82. The molecule has 1 aliphatic carbocycles. The molecule has 1 saturated carbocycles. The maximum Gasteiger partial charge on any atom is 0.0281 e. The van der Waals surface area contributed by atoms with Crippen molar-refractivity contribution < 1.29 is 0 Å². The second kappa shape index (κ2) is 5.48. The summed E-state index contributed by atoms with van der Waals surface area (Å²) in [5.74, 6) is 0. The van der Waals surface area contributed by atoms with Crippen LogP contribution in [0.3, 0.4) is 0 Å². The molecule has 1 atom stereocenters. The predicted octanol–water partition coefficient (Wildman–Crippen LogP) is 3.58. The van der Waals surface area contributed by atoms with Gasteiger partial charge < -0.3 is 5.32 Å². The van der Waals surface area contributed by atoms with E-state index in [1.165, 1.54) is 42.7 Å². The van der Waals surface area contributed by atoms with Crippen molar-refractivity contribution >= 4 is 23.5 Å². The van der Waals surface area contributed by atoms with Gasteiger partial charge >= 0.3 is 0 Å². The summed E-state index contributed by atoms with van der Waals surface area (Å²) in [5.41, 5.74) is 1.54. The van der Waals surface area contributed by atoms with Gasteiger partial charge in [-0.05, 0) is 37.1 Å². The fourth-order valence-electron chi connectivity index (χ4n) is 2.85. The number of thioether (sulfide) groups is 2. The Morgan fingerprint density at radius 1 is 1.39 bits per heavy atom. The summed E-state index contributed by atoms with van der Waals surface area (Å²) >= 11 is 4.11. The van der Waals surface area contributed by atoms with Crippen LogP contribution >= 0.6 is 23.5 Å². The molecule has 0 spiro atoms. The molecule has 1 fully saturated rings. The standard InChI is InChI=1S/C15H21NS2/c1-17-15(7-4-8-15)11-16-10-13-9-12-5-2-3-6-14(12)18-13/h2-3,5-6,13,16H,4,7-11H2,1H3. The molecule has 0 radical (unpaired) electrons. The summed E-state index contributed by atoms with van der Waals surface area (Å²) in [6.45, 7) is 2.35. The first-order chi connectivity index (χ1) is 8.81. The minimum atomic E-state index is 0.566. The third-order valence-electron chi connectivity index (χ3n) is 4.23. The predicted molar refractivity (Wildman–Crippen MR) is 82.8 cm³/mol. The van der Waals surface area contributed by atoms with Gasteiger partial charge in [-0.1, -0.05) is 24.6 Å². The zero-order valence-electron chi connectivity index (χ0n) is 10.9. The molecule has 1 unspecified atom stereocenters. The Kier molecular flexibility index (Phi) is 3.92. The number of hydrogen-bond donors (Lipinski definition) is 1. The van der Waals surface area contributed by atoms with Crippen LogP contribution in [0.25, 0.3) is 0 Å². The molecule has 1 aromatic carbocycles. The molecule has 0 bridgehead atoms. The summed E-state index contributed by atoms with van der Waals surface area (Å²) in [6, 6.07) is 8.85. The van der Waals surface area contributed by atoms with Gasteiger partial charge in [0.1, 0.15) is 0 Å². The highest BCUT2D eigenvalue weighted by Gasteiger charge is 2.35. The molecule has 1 heterocycles. The number of nitrogens with one attached hydrogen (secondary N) is 1. The first-order valence-corrected chi connectivity index (χ1v) is 8.92. The Labute approximate surface area is 119 Å². The average Bonchev–Trinajstić information content (AvgIpc) is 2.75. The van der Waals surface area contributed by atoms with Crippen LogP contribution in [0.1, 0.15) is 24.8 Å².